The van der Waals surface area contributed by atoms with Crippen LogP contribution in [0, 0.1) is 11.3 Å². The van der Waals surface area contributed by atoms with Crippen LogP contribution in [0.1, 0.15) is 12.8 Å². The largest absolute Gasteiger partial charge is 0.376 e. The molecule has 0 spiro atoms. The fourth-order valence-electron chi connectivity index (χ4n) is 1.93. The van der Waals surface area contributed by atoms with Crippen LogP contribution in [0.2, 0.25) is 0 Å². The van der Waals surface area contributed by atoms with Gasteiger partial charge in [-0.25, -0.2) is 0 Å². The van der Waals surface area contributed by atoms with Gasteiger partial charge in [-0.05, 0) is 18.6 Å². The third-order valence-corrected chi connectivity index (χ3v) is 4.13. The molecule has 0 aliphatic carbocycles. The number of carbonyl (C=O) groups excluding carboxylic acids is 1. The quantitative estimate of drug-likeness (QED) is 0.658. The standard InChI is InChI=1S/C10H14N2O2S/c11-6-8-7-14-4-3-12(8)10(13)9-2-1-5-15-9/h8-9H,1-5,7H2/t8-,9-/m1/s1. The van der Waals surface area contributed by atoms with Crippen molar-refractivity contribution in [1.29, 1.82) is 5.26 Å². The van der Waals surface area contributed by atoms with E-state index in [1.807, 2.05) is 0 Å². The average molecular weight is 226 g/mol. The van der Waals surface area contributed by atoms with Gasteiger partial charge in [0.1, 0.15) is 6.04 Å². The van der Waals surface area contributed by atoms with Crippen LogP contribution < -0.4 is 0 Å². The van der Waals surface area contributed by atoms with Crippen LogP contribution in [0.25, 0.3) is 0 Å². The normalized spacial score (nSPS) is 31.3. The second-order valence-electron chi connectivity index (χ2n) is 3.75. The highest BCUT2D eigenvalue weighted by molar-refractivity contribution is 8.00. The second-order valence-corrected chi connectivity index (χ2v) is 5.06. The van der Waals surface area contributed by atoms with E-state index in [9.17, 15) is 4.79 Å². The van der Waals surface area contributed by atoms with Crippen molar-refractivity contribution in [1.82, 2.24) is 4.90 Å². The maximum Gasteiger partial charge on any atom is 0.236 e. The van der Waals surface area contributed by atoms with Crippen LogP contribution in [0.5, 0.6) is 0 Å². The Bertz CT molecular complexity index is 284. The van der Waals surface area contributed by atoms with Gasteiger partial charge in [0.05, 0.1) is 24.5 Å². The zero-order valence-corrected chi connectivity index (χ0v) is 9.33. The van der Waals surface area contributed by atoms with Gasteiger partial charge in [0.25, 0.3) is 0 Å². The van der Waals surface area contributed by atoms with E-state index in [2.05, 4.69) is 6.07 Å². The number of morpholine rings is 1. The van der Waals surface area contributed by atoms with E-state index in [0.29, 0.717) is 19.8 Å². The molecule has 4 nitrogen and oxygen atoms in total. The van der Waals surface area contributed by atoms with E-state index in [-0.39, 0.29) is 17.2 Å². The van der Waals surface area contributed by atoms with Gasteiger partial charge < -0.3 is 9.64 Å². The lowest BCUT2D eigenvalue weighted by atomic mass is 10.2. The van der Waals surface area contributed by atoms with Crippen molar-refractivity contribution in [2.75, 3.05) is 25.5 Å². The summed E-state index contributed by atoms with van der Waals surface area (Å²) in [6.07, 6.45) is 2.07. The molecule has 5 heteroatoms. The number of thioether (sulfide) groups is 1. The first-order chi connectivity index (χ1) is 7.33. The Hall–Kier alpha value is -0.730. The Morgan fingerprint density at radius 1 is 1.60 bits per heavy atom. The van der Waals surface area contributed by atoms with Crippen LogP contribution in [-0.2, 0) is 9.53 Å². The highest BCUT2D eigenvalue weighted by Crippen LogP contribution is 2.28. The van der Waals surface area contributed by atoms with Gasteiger partial charge in [-0.3, -0.25) is 4.79 Å². The molecular formula is C10H14N2O2S. The summed E-state index contributed by atoms with van der Waals surface area (Å²) in [4.78, 5) is 13.8. The third-order valence-electron chi connectivity index (χ3n) is 2.77. The molecule has 2 rings (SSSR count). The van der Waals surface area contributed by atoms with Crippen molar-refractivity contribution >= 4 is 17.7 Å². The van der Waals surface area contributed by atoms with Gasteiger partial charge >= 0.3 is 0 Å². The van der Waals surface area contributed by atoms with Crippen LogP contribution in [0.4, 0.5) is 0 Å². The molecule has 2 heterocycles. The molecule has 15 heavy (non-hydrogen) atoms. The Morgan fingerprint density at radius 2 is 2.47 bits per heavy atom. The number of nitriles is 1. The monoisotopic (exact) mass is 226 g/mol. The molecule has 0 radical (unpaired) electrons. The fourth-order valence-corrected chi connectivity index (χ4v) is 3.16. The summed E-state index contributed by atoms with van der Waals surface area (Å²) in [6.45, 7) is 1.48. The smallest absolute Gasteiger partial charge is 0.236 e. The zero-order valence-electron chi connectivity index (χ0n) is 8.52. The third kappa shape index (κ3) is 2.27. The molecule has 0 saturated carbocycles. The summed E-state index contributed by atoms with van der Waals surface area (Å²) in [5.74, 6) is 1.20. The van der Waals surface area contributed by atoms with Crippen LogP contribution in [-0.4, -0.2) is 47.6 Å². The molecule has 2 atom stereocenters. The molecule has 2 aliphatic heterocycles. The van der Waals surface area contributed by atoms with Gasteiger partial charge in [0.15, 0.2) is 0 Å². The Kier molecular flexibility index (Phi) is 3.49. The molecule has 1 amide bonds. The molecule has 2 fully saturated rings. The molecule has 2 saturated heterocycles. The van der Waals surface area contributed by atoms with Crippen molar-refractivity contribution < 1.29 is 9.53 Å². The highest BCUT2D eigenvalue weighted by Gasteiger charge is 2.33. The van der Waals surface area contributed by atoms with E-state index >= 15 is 0 Å². The molecule has 0 unspecified atom stereocenters. The van der Waals surface area contributed by atoms with Gasteiger partial charge in [0, 0.05) is 6.54 Å². The summed E-state index contributed by atoms with van der Waals surface area (Å²) in [5.41, 5.74) is 0. The first-order valence-electron chi connectivity index (χ1n) is 5.22. The molecule has 2 aliphatic rings. The van der Waals surface area contributed by atoms with Crippen LogP contribution in [0.15, 0.2) is 0 Å². The van der Waals surface area contributed by atoms with Gasteiger partial charge in [0.2, 0.25) is 5.91 Å². The van der Waals surface area contributed by atoms with Gasteiger partial charge in [-0.1, -0.05) is 0 Å². The minimum absolute atomic E-state index is 0.0824. The Morgan fingerprint density at radius 3 is 3.13 bits per heavy atom. The predicted molar refractivity (Wildman–Crippen MR) is 57.4 cm³/mol. The van der Waals surface area contributed by atoms with E-state index < -0.39 is 0 Å². The summed E-state index contributed by atoms with van der Waals surface area (Å²) in [7, 11) is 0. The molecular weight excluding hydrogens is 212 g/mol. The number of carbonyl (C=O) groups is 1. The van der Waals surface area contributed by atoms with Crippen LogP contribution >= 0.6 is 11.8 Å². The number of hydrogen-bond acceptors (Lipinski definition) is 4. The fraction of sp³-hybridized carbons (Fsp3) is 0.800. The SMILES string of the molecule is N#C[C@@H]1COCCN1C(=O)[C@H]1CCCS1. The van der Waals surface area contributed by atoms with E-state index in [0.717, 1.165) is 18.6 Å². The molecule has 0 aromatic heterocycles. The predicted octanol–water partition coefficient (Wildman–Crippen LogP) is 0.633. The number of hydrogen-bond donors (Lipinski definition) is 0. The topological polar surface area (TPSA) is 53.3 Å². The first-order valence-corrected chi connectivity index (χ1v) is 6.27. The lowest BCUT2D eigenvalue weighted by molar-refractivity contribution is -0.137. The maximum atomic E-state index is 12.1. The molecule has 0 N–H and O–H groups in total. The van der Waals surface area contributed by atoms with Gasteiger partial charge in [-0.2, -0.15) is 5.26 Å². The molecule has 0 aromatic carbocycles. The van der Waals surface area contributed by atoms with E-state index in [1.54, 1.807) is 16.7 Å². The Labute approximate surface area is 93.6 Å². The molecule has 0 aromatic rings. The van der Waals surface area contributed by atoms with E-state index in [4.69, 9.17) is 10.00 Å². The number of amides is 1. The Balaban J connectivity index is 2.00. The van der Waals surface area contributed by atoms with Gasteiger partial charge in [-0.15, -0.1) is 11.8 Å². The van der Waals surface area contributed by atoms with Crippen molar-refractivity contribution in [2.45, 2.75) is 24.1 Å². The number of nitrogens with zero attached hydrogens (tertiary/aromatic N) is 2. The van der Waals surface area contributed by atoms with Crippen molar-refractivity contribution in [3.05, 3.63) is 0 Å². The highest BCUT2D eigenvalue weighted by atomic mass is 32.2. The first kappa shape index (κ1) is 10.8. The summed E-state index contributed by atoms with van der Waals surface area (Å²) in [6, 6.07) is 1.75. The summed E-state index contributed by atoms with van der Waals surface area (Å²) >= 11 is 1.72. The lowest BCUT2D eigenvalue weighted by Crippen LogP contribution is -2.50. The number of rotatable bonds is 1. The maximum absolute atomic E-state index is 12.1. The molecule has 82 valence electrons. The second kappa shape index (κ2) is 4.86. The minimum Gasteiger partial charge on any atom is -0.376 e. The molecule has 0 bridgehead atoms. The minimum atomic E-state index is -0.382. The summed E-state index contributed by atoms with van der Waals surface area (Å²) < 4.78 is 5.19. The van der Waals surface area contributed by atoms with Crippen molar-refractivity contribution in [3.63, 3.8) is 0 Å². The lowest BCUT2D eigenvalue weighted by Gasteiger charge is -2.32. The van der Waals surface area contributed by atoms with Crippen molar-refractivity contribution in [3.8, 4) is 6.07 Å². The van der Waals surface area contributed by atoms with E-state index in [1.165, 1.54) is 0 Å². The number of ether oxygens (including phenoxy) is 1. The van der Waals surface area contributed by atoms with Crippen LogP contribution in [0.3, 0.4) is 0 Å². The van der Waals surface area contributed by atoms with Crippen molar-refractivity contribution in [2.24, 2.45) is 0 Å². The average Bonchev–Trinajstić information content (AvgIpc) is 2.81. The zero-order chi connectivity index (χ0) is 10.7. The summed E-state index contributed by atoms with van der Waals surface area (Å²) in [5, 5.41) is 9.00.